The van der Waals surface area contributed by atoms with E-state index in [0.29, 0.717) is 30.1 Å². The van der Waals surface area contributed by atoms with E-state index in [1.165, 1.54) is 31.4 Å². The minimum atomic E-state index is -0.712. The first-order chi connectivity index (χ1) is 16.4. The monoisotopic (exact) mass is 456 g/mol. The number of rotatable bonds is 9. The summed E-state index contributed by atoms with van der Waals surface area (Å²) in [5.41, 5.74) is 3.35. The number of carbonyl (C=O) groups excluding carboxylic acids is 1. The van der Waals surface area contributed by atoms with Gasteiger partial charge < -0.3 is 14.8 Å². The zero-order valence-electron chi connectivity index (χ0n) is 19.1. The zero-order chi connectivity index (χ0) is 24.5. The van der Waals surface area contributed by atoms with E-state index in [4.69, 9.17) is 9.47 Å². The van der Waals surface area contributed by atoms with Gasteiger partial charge in [-0.1, -0.05) is 48.0 Å². The van der Waals surface area contributed by atoms with Crippen LogP contribution in [-0.4, -0.2) is 13.0 Å². The van der Waals surface area contributed by atoms with E-state index in [1.54, 1.807) is 18.2 Å². The molecule has 1 N–H and O–H groups in total. The third kappa shape index (κ3) is 6.11. The molecule has 0 heterocycles. The number of amides is 1. The number of nitriles is 1. The summed E-state index contributed by atoms with van der Waals surface area (Å²) in [4.78, 5) is 12.6. The van der Waals surface area contributed by atoms with Crippen molar-refractivity contribution >= 4 is 17.7 Å². The van der Waals surface area contributed by atoms with Crippen LogP contribution in [-0.2, 0) is 17.8 Å². The third-order valence-corrected chi connectivity index (χ3v) is 5.04. The molecular formula is C28H25FN2O3. The first-order valence-electron chi connectivity index (χ1n) is 10.6. The lowest BCUT2D eigenvalue weighted by Gasteiger charge is -2.16. The minimum absolute atomic E-state index is 0.00145. The van der Waals surface area contributed by atoms with E-state index in [2.05, 4.69) is 11.9 Å². The molecule has 0 aromatic heterocycles. The largest absolute Gasteiger partial charge is 0.493 e. The quantitative estimate of drug-likeness (QED) is 0.244. The molecule has 0 aliphatic carbocycles. The number of hydrogen-bond donors (Lipinski definition) is 1. The Kier molecular flexibility index (Phi) is 8.20. The van der Waals surface area contributed by atoms with E-state index < -0.39 is 11.7 Å². The minimum Gasteiger partial charge on any atom is -0.493 e. The van der Waals surface area contributed by atoms with Crippen molar-refractivity contribution in [3.8, 4) is 17.6 Å². The number of nitrogens with zero attached hydrogens (tertiary/aromatic N) is 1. The normalized spacial score (nSPS) is 10.8. The second-order valence-electron chi connectivity index (χ2n) is 7.58. The number of para-hydroxylation sites is 1. The van der Waals surface area contributed by atoms with Crippen LogP contribution < -0.4 is 14.8 Å². The Morgan fingerprint density at radius 3 is 2.56 bits per heavy atom. The molecule has 0 aliphatic rings. The molecule has 0 atom stereocenters. The van der Waals surface area contributed by atoms with Gasteiger partial charge in [0.05, 0.1) is 12.8 Å². The molecule has 6 heteroatoms. The fourth-order valence-corrected chi connectivity index (χ4v) is 3.30. The number of anilines is 1. The second-order valence-corrected chi connectivity index (χ2v) is 7.58. The van der Waals surface area contributed by atoms with Gasteiger partial charge in [0, 0.05) is 5.56 Å². The maximum absolute atomic E-state index is 13.9. The second kappa shape index (κ2) is 11.5. The molecule has 0 saturated heterocycles. The lowest BCUT2D eigenvalue weighted by atomic mass is 10.0. The molecule has 3 aromatic rings. The summed E-state index contributed by atoms with van der Waals surface area (Å²) in [5.74, 6) is -0.270. The Morgan fingerprint density at radius 2 is 1.91 bits per heavy atom. The first-order valence-corrected chi connectivity index (χ1v) is 10.6. The molecule has 0 spiro atoms. The Hall–Kier alpha value is -4.37. The number of benzene rings is 3. The number of nitrogens with one attached hydrogen (secondary N) is 1. The van der Waals surface area contributed by atoms with Gasteiger partial charge >= 0.3 is 0 Å². The van der Waals surface area contributed by atoms with Crippen molar-refractivity contribution in [2.45, 2.75) is 20.0 Å². The lowest BCUT2D eigenvalue weighted by Crippen LogP contribution is -2.14. The Bertz CT molecular complexity index is 1260. The van der Waals surface area contributed by atoms with Crippen molar-refractivity contribution in [3.63, 3.8) is 0 Å². The van der Waals surface area contributed by atoms with Crippen LogP contribution in [0, 0.1) is 24.1 Å². The van der Waals surface area contributed by atoms with Crippen molar-refractivity contribution in [1.29, 1.82) is 5.26 Å². The predicted octanol–water partition coefficient (Wildman–Crippen LogP) is 6.00. The highest BCUT2D eigenvalue weighted by atomic mass is 19.1. The van der Waals surface area contributed by atoms with E-state index in [-0.39, 0.29) is 11.3 Å². The Labute approximate surface area is 198 Å². The van der Waals surface area contributed by atoms with Crippen molar-refractivity contribution < 1.29 is 18.7 Å². The molecule has 1 amide bonds. The number of aryl methyl sites for hydroxylation is 1. The molecule has 0 bridgehead atoms. The summed E-state index contributed by atoms with van der Waals surface area (Å²) in [6, 6.07) is 19.2. The first kappa shape index (κ1) is 24.3. The van der Waals surface area contributed by atoms with Crippen molar-refractivity contribution in [2.75, 3.05) is 12.4 Å². The standard InChI is InChI=1S/C28H25FN2O3/c1-4-7-22-14-21(15-23(17-30)28(32)31-25-9-6-5-8-24(25)29)16-26(33-3)27(22)34-18-20-12-10-19(2)11-13-20/h4-6,8-16H,1,7,18H2,2-3H3,(H,31,32)/b23-15-. The smallest absolute Gasteiger partial charge is 0.266 e. The molecule has 5 nitrogen and oxygen atoms in total. The number of ether oxygens (including phenoxy) is 2. The van der Waals surface area contributed by atoms with Gasteiger partial charge in [-0.3, -0.25) is 4.79 Å². The molecule has 0 aliphatic heterocycles. The highest BCUT2D eigenvalue weighted by Crippen LogP contribution is 2.35. The zero-order valence-corrected chi connectivity index (χ0v) is 19.1. The average molecular weight is 457 g/mol. The molecule has 0 fully saturated rings. The van der Waals surface area contributed by atoms with Gasteiger partial charge in [0.25, 0.3) is 5.91 Å². The topological polar surface area (TPSA) is 71.4 Å². The molecule has 0 saturated carbocycles. The van der Waals surface area contributed by atoms with Gasteiger partial charge in [-0.25, -0.2) is 4.39 Å². The van der Waals surface area contributed by atoms with Gasteiger partial charge in [0.2, 0.25) is 0 Å². The summed E-state index contributed by atoms with van der Waals surface area (Å²) in [7, 11) is 1.52. The fourth-order valence-electron chi connectivity index (χ4n) is 3.30. The van der Waals surface area contributed by atoms with Crippen LogP contribution in [0.2, 0.25) is 0 Å². The van der Waals surface area contributed by atoms with Crippen molar-refractivity contribution in [1.82, 2.24) is 0 Å². The SMILES string of the molecule is C=CCc1cc(/C=C(/C#N)C(=O)Nc2ccccc2F)cc(OC)c1OCc1ccc(C)cc1. The fraction of sp³-hybridized carbons (Fsp3) is 0.143. The van der Waals surface area contributed by atoms with Crippen LogP contribution in [0.1, 0.15) is 22.3 Å². The van der Waals surface area contributed by atoms with E-state index >= 15 is 0 Å². The van der Waals surface area contributed by atoms with E-state index in [0.717, 1.165) is 16.7 Å². The Balaban J connectivity index is 1.90. The molecule has 3 rings (SSSR count). The van der Waals surface area contributed by atoms with Gasteiger partial charge in [-0.2, -0.15) is 5.26 Å². The van der Waals surface area contributed by atoms with Gasteiger partial charge in [0.1, 0.15) is 24.1 Å². The van der Waals surface area contributed by atoms with E-state index in [9.17, 15) is 14.4 Å². The van der Waals surface area contributed by atoms with Crippen LogP contribution >= 0.6 is 0 Å². The van der Waals surface area contributed by atoms with Gasteiger partial charge in [0.15, 0.2) is 11.5 Å². The summed E-state index contributed by atoms with van der Waals surface area (Å²) in [5, 5.41) is 12.0. The molecule has 0 radical (unpaired) electrons. The highest BCUT2D eigenvalue weighted by molar-refractivity contribution is 6.09. The predicted molar refractivity (Wildman–Crippen MR) is 131 cm³/mol. The van der Waals surface area contributed by atoms with Crippen molar-refractivity contribution in [2.24, 2.45) is 0 Å². The van der Waals surface area contributed by atoms with Crippen LogP contribution in [0.5, 0.6) is 11.5 Å². The summed E-state index contributed by atoms with van der Waals surface area (Å²) in [6.07, 6.45) is 3.65. The summed E-state index contributed by atoms with van der Waals surface area (Å²) in [6.45, 7) is 6.18. The van der Waals surface area contributed by atoms with Crippen LogP contribution in [0.25, 0.3) is 6.08 Å². The third-order valence-electron chi connectivity index (χ3n) is 5.04. The van der Waals surface area contributed by atoms with Gasteiger partial charge in [-0.15, -0.1) is 6.58 Å². The number of carbonyl (C=O) groups is 1. The molecule has 3 aromatic carbocycles. The molecule has 172 valence electrons. The van der Waals surface area contributed by atoms with Gasteiger partial charge in [-0.05, 0) is 54.8 Å². The summed E-state index contributed by atoms with van der Waals surface area (Å²) < 4.78 is 25.5. The number of halogens is 1. The highest BCUT2D eigenvalue weighted by Gasteiger charge is 2.16. The van der Waals surface area contributed by atoms with Crippen LogP contribution in [0.3, 0.4) is 0 Å². The maximum Gasteiger partial charge on any atom is 0.266 e. The maximum atomic E-state index is 13.9. The number of methoxy groups -OCH3 is 1. The Morgan fingerprint density at radius 1 is 1.18 bits per heavy atom. The van der Waals surface area contributed by atoms with E-state index in [1.807, 2.05) is 43.3 Å². The average Bonchev–Trinajstić information content (AvgIpc) is 2.84. The lowest BCUT2D eigenvalue weighted by molar-refractivity contribution is -0.112. The number of allylic oxidation sites excluding steroid dienone is 1. The van der Waals surface area contributed by atoms with Crippen LogP contribution in [0.4, 0.5) is 10.1 Å². The van der Waals surface area contributed by atoms with Crippen LogP contribution in [0.15, 0.2) is 78.9 Å². The van der Waals surface area contributed by atoms with Crippen molar-refractivity contribution in [3.05, 3.63) is 107 Å². The molecule has 34 heavy (non-hydrogen) atoms. The number of hydrogen-bond acceptors (Lipinski definition) is 4. The molecular weight excluding hydrogens is 431 g/mol. The summed E-state index contributed by atoms with van der Waals surface area (Å²) >= 11 is 0. The molecule has 0 unspecified atom stereocenters.